The molecule has 6 nitrogen and oxygen atoms in total. The van der Waals surface area contributed by atoms with Crippen LogP contribution in [0.15, 0.2) is 22.8 Å². The highest BCUT2D eigenvalue weighted by Gasteiger charge is 2.11. The van der Waals surface area contributed by atoms with Gasteiger partial charge in [-0.25, -0.2) is 0 Å². The van der Waals surface area contributed by atoms with Gasteiger partial charge in [-0.1, -0.05) is 0 Å². The molecule has 0 saturated heterocycles. The van der Waals surface area contributed by atoms with Gasteiger partial charge in [-0.05, 0) is 19.1 Å². The Hall–Kier alpha value is -2.08. The van der Waals surface area contributed by atoms with Gasteiger partial charge in [0.25, 0.3) is 5.91 Å². The minimum Gasteiger partial charge on any atom is -0.469 e. The molecule has 18 heavy (non-hydrogen) atoms. The van der Waals surface area contributed by atoms with Crippen molar-refractivity contribution in [3.8, 4) is 0 Å². The summed E-state index contributed by atoms with van der Waals surface area (Å²) in [6.07, 6.45) is 1.50. The molecule has 2 heterocycles. The molecule has 96 valence electrons. The zero-order valence-corrected chi connectivity index (χ0v) is 10.3. The minimum atomic E-state index is -0.163. The molecule has 6 heteroatoms. The first kappa shape index (κ1) is 12.4. The molecule has 0 saturated carbocycles. The second kappa shape index (κ2) is 5.50. The first-order chi connectivity index (χ1) is 8.70. The van der Waals surface area contributed by atoms with E-state index in [4.69, 9.17) is 9.15 Å². The van der Waals surface area contributed by atoms with E-state index >= 15 is 0 Å². The molecule has 2 rings (SSSR count). The lowest BCUT2D eigenvalue weighted by Crippen LogP contribution is -2.23. The highest BCUT2D eigenvalue weighted by atomic mass is 16.5. The molecule has 0 aliphatic rings. The second-order valence-corrected chi connectivity index (χ2v) is 3.89. The second-order valence-electron chi connectivity index (χ2n) is 3.89. The third-order valence-electron chi connectivity index (χ3n) is 2.52. The number of hydrogen-bond acceptors (Lipinski definition) is 4. The van der Waals surface area contributed by atoms with E-state index in [9.17, 15) is 4.79 Å². The molecule has 0 atom stereocenters. The maximum Gasteiger partial charge on any atom is 0.255 e. The number of aromatic amines is 1. The molecule has 0 fully saturated rings. The van der Waals surface area contributed by atoms with Crippen LogP contribution in [0.2, 0.25) is 0 Å². The van der Waals surface area contributed by atoms with E-state index in [-0.39, 0.29) is 5.91 Å². The summed E-state index contributed by atoms with van der Waals surface area (Å²) < 4.78 is 10.0. The highest BCUT2D eigenvalue weighted by Crippen LogP contribution is 2.08. The normalized spacial score (nSPS) is 10.6. The Morgan fingerprint density at radius 2 is 2.44 bits per heavy atom. The standard InChI is InChI=1S/C12H15N3O3/c1-8-11(3-4-18-8)12(16)13-6-9-5-10(7-17-2)15-14-9/h3-5H,6-7H2,1-2H3,(H,13,16)(H,14,15). The summed E-state index contributed by atoms with van der Waals surface area (Å²) in [7, 11) is 1.61. The van der Waals surface area contributed by atoms with Gasteiger partial charge in [0.05, 0.1) is 36.4 Å². The number of rotatable bonds is 5. The Labute approximate surface area is 104 Å². The number of hydrogen-bond donors (Lipinski definition) is 2. The van der Waals surface area contributed by atoms with Crippen LogP contribution in [0.3, 0.4) is 0 Å². The molecule has 2 N–H and O–H groups in total. The van der Waals surface area contributed by atoms with E-state index < -0.39 is 0 Å². The molecule has 0 radical (unpaired) electrons. The van der Waals surface area contributed by atoms with Crippen molar-refractivity contribution in [2.24, 2.45) is 0 Å². The van der Waals surface area contributed by atoms with Crippen molar-refractivity contribution in [1.82, 2.24) is 15.5 Å². The van der Waals surface area contributed by atoms with Gasteiger partial charge in [-0.3, -0.25) is 9.89 Å². The van der Waals surface area contributed by atoms with Gasteiger partial charge in [0.2, 0.25) is 0 Å². The number of aromatic nitrogens is 2. The summed E-state index contributed by atoms with van der Waals surface area (Å²) >= 11 is 0. The van der Waals surface area contributed by atoms with Crippen LogP contribution >= 0.6 is 0 Å². The maximum absolute atomic E-state index is 11.8. The van der Waals surface area contributed by atoms with E-state index in [1.807, 2.05) is 6.07 Å². The molecule has 2 aromatic heterocycles. The summed E-state index contributed by atoms with van der Waals surface area (Å²) in [5.74, 6) is 0.446. The van der Waals surface area contributed by atoms with Crippen molar-refractivity contribution in [3.63, 3.8) is 0 Å². The lowest BCUT2D eigenvalue weighted by atomic mass is 10.2. The van der Waals surface area contributed by atoms with Crippen LogP contribution in [0.25, 0.3) is 0 Å². The Bertz CT molecular complexity index is 530. The van der Waals surface area contributed by atoms with Gasteiger partial charge < -0.3 is 14.5 Å². The van der Waals surface area contributed by atoms with Crippen LogP contribution in [0.1, 0.15) is 27.5 Å². The van der Waals surface area contributed by atoms with Gasteiger partial charge in [0.15, 0.2) is 0 Å². The van der Waals surface area contributed by atoms with E-state index in [0.717, 1.165) is 11.4 Å². The summed E-state index contributed by atoms with van der Waals surface area (Å²) in [6.45, 7) is 2.59. The van der Waals surface area contributed by atoms with E-state index in [0.29, 0.717) is 24.5 Å². The number of carbonyl (C=O) groups excluding carboxylic acids is 1. The van der Waals surface area contributed by atoms with E-state index in [1.165, 1.54) is 6.26 Å². The smallest absolute Gasteiger partial charge is 0.255 e. The molecule has 0 bridgehead atoms. The zero-order chi connectivity index (χ0) is 13.0. The van der Waals surface area contributed by atoms with E-state index in [1.54, 1.807) is 20.1 Å². The fraction of sp³-hybridized carbons (Fsp3) is 0.333. The predicted molar refractivity (Wildman–Crippen MR) is 63.9 cm³/mol. The highest BCUT2D eigenvalue weighted by molar-refractivity contribution is 5.94. The molecule has 2 aromatic rings. The van der Waals surface area contributed by atoms with Crippen LogP contribution in [-0.2, 0) is 17.9 Å². The summed E-state index contributed by atoms with van der Waals surface area (Å²) in [5.41, 5.74) is 2.18. The topological polar surface area (TPSA) is 80.1 Å². The minimum absolute atomic E-state index is 0.163. The van der Waals surface area contributed by atoms with Gasteiger partial charge in [-0.15, -0.1) is 0 Å². The lowest BCUT2D eigenvalue weighted by molar-refractivity contribution is 0.0949. The SMILES string of the molecule is COCc1cc(CNC(=O)c2ccoc2C)[nH]n1. The number of furan rings is 1. The van der Waals surface area contributed by atoms with Crippen LogP contribution < -0.4 is 5.32 Å². The quantitative estimate of drug-likeness (QED) is 0.839. The molecular weight excluding hydrogens is 234 g/mol. The van der Waals surface area contributed by atoms with Gasteiger partial charge >= 0.3 is 0 Å². The fourth-order valence-corrected chi connectivity index (χ4v) is 1.61. The first-order valence-electron chi connectivity index (χ1n) is 5.55. The van der Waals surface area contributed by atoms with Crippen molar-refractivity contribution >= 4 is 5.91 Å². The van der Waals surface area contributed by atoms with Crippen molar-refractivity contribution in [3.05, 3.63) is 41.1 Å². The summed E-state index contributed by atoms with van der Waals surface area (Å²) in [4.78, 5) is 11.8. The van der Waals surface area contributed by atoms with Crippen molar-refractivity contribution in [1.29, 1.82) is 0 Å². The lowest BCUT2D eigenvalue weighted by Gasteiger charge is -2.01. The number of nitrogens with one attached hydrogen (secondary N) is 2. The number of amides is 1. The van der Waals surface area contributed by atoms with Crippen molar-refractivity contribution in [2.45, 2.75) is 20.1 Å². The molecule has 0 unspecified atom stereocenters. The van der Waals surface area contributed by atoms with Crippen molar-refractivity contribution in [2.75, 3.05) is 7.11 Å². The molecule has 1 amide bonds. The van der Waals surface area contributed by atoms with E-state index in [2.05, 4.69) is 15.5 Å². The van der Waals surface area contributed by atoms with Crippen LogP contribution in [-0.4, -0.2) is 23.2 Å². The molecule has 0 aliphatic carbocycles. The van der Waals surface area contributed by atoms with Gasteiger partial charge in [0, 0.05) is 7.11 Å². The van der Waals surface area contributed by atoms with Crippen LogP contribution in [0, 0.1) is 6.92 Å². The maximum atomic E-state index is 11.8. The zero-order valence-electron chi connectivity index (χ0n) is 10.3. The third-order valence-corrected chi connectivity index (χ3v) is 2.52. The predicted octanol–water partition coefficient (Wildman–Crippen LogP) is 1.39. The van der Waals surface area contributed by atoms with Crippen molar-refractivity contribution < 1.29 is 13.9 Å². The number of methoxy groups -OCH3 is 1. The summed E-state index contributed by atoms with van der Waals surface area (Å²) in [6, 6.07) is 3.50. The first-order valence-corrected chi connectivity index (χ1v) is 5.55. The Balaban J connectivity index is 1.91. The van der Waals surface area contributed by atoms with Gasteiger partial charge in [0.1, 0.15) is 5.76 Å². The third kappa shape index (κ3) is 2.78. The fourth-order valence-electron chi connectivity index (χ4n) is 1.61. The molecular formula is C12H15N3O3. The van der Waals surface area contributed by atoms with Crippen LogP contribution in [0.4, 0.5) is 0 Å². The number of nitrogens with zero attached hydrogens (tertiary/aromatic N) is 1. The molecule has 0 spiro atoms. The number of aryl methyl sites for hydroxylation is 1. The Kier molecular flexibility index (Phi) is 3.78. The number of H-pyrrole nitrogens is 1. The Morgan fingerprint density at radius 1 is 1.61 bits per heavy atom. The van der Waals surface area contributed by atoms with Crippen LogP contribution in [0.5, 0.6) is 0 Å². The molecule has 0 aromatic carbocycles. The average molecular weight is 249 g/mol. The largest absolute Gasteiger partial charge is 0.469 e. The van der Waals surface area contributed by atoms with Gasteiger partial charge in [-0.2, -0.15) is 5.10 Å². The number of ether oxygens (including phenoxy) is 1. The summed E-state index contributed by atoms with van der Waals surface area (Å²) in [5, 5.41) is 9.67. The average Bonchev–Trinajstić information content (AvgIpc) is 2.96. The monoisotopic (exact) mass is 249 g/mol. The number of carbonyl (C=O) groups is 1. The molecule has 0 aliphatic heterocycles. The Morgan fingerprint density at radius 3 is 3.11 bits per heavy atom.